The zero-order chi connectivity index (χ0) is 10.8. The Bertz CT molecular complexity index is 330. The minimum absolute atomic E-state index is 0.153. The summed E-state index contributed by atoms with van der Waals surface area (Å²) in [5, 5.41) is 0. The number of benzene rings is 1. The Morgan fingerprint density at radius 2 is 1.93 bits per heavy atom. The third-order valence-corrected chi connectivity index (χ3v) is 2.36. The molecule has 0 aliphatic carbocycles. The Hall–Kier alpha value is -1.22. The second-order valence-electron chi connectivity index (χ2n) is 3.61. The van der Waals surface area contributed by atoms with Crippen molar-refractivity contribution in [3.8, 4) is 0 Å². The molecular weight excluding hydrogens is 181 g/mol. The lowest BCUT2D eigenvalue weighted by Crippen LogP contribution is -2.44. The predicted molar refractivity (Wildman–Crippen MR) is 53.6 cm³/mol. The Labute approximate surface area is 82.9 Å². The van der Waals surface area contributed by atoms with Gasteiger partial charge in [0.05, 0.1) is 5.54 Å². The molecule has 0 aromatic heterocycles. The van der Waals surface area contributed by atoms with E-state index in [-0.39, 0.29) is 11.6 Å². The molecule has 0 aliphatic rings. The van der Waals surface area contributed by atoms with Crippen molar-refractivity contribution in [1.82, 2.24) is 0 Å². The second kappa shape index (κ2) is 3.88. The van der Waals surface area contributed by atoms with Gasteiger partial charge in [-0.2, -0.15) is 0 Å². The Morgan fingerprint density at radius 3 is 2.36 bits per heavy atom. The fraction of sp³-hybridized carbons (Fsp3) is 0.364. The van der Waals surface area contributed by atoms with Crippen LogP contribution in [-0.2, 0) is 0 Å². The fourth-order valence-electron chi connectivity index (χ4n) is 1.09. The van der Waals surface area contributed by atoms with E-state index < -0.39 is 5.54 Å². The van der Waals surface area contributed by atoms with Crippen molar-refractivity contribution in [3.05, 3.63) is 35.6 Å². The molecule has 0 bridgehead atoms. The molecule has 2 N–H and O–H groups in total. The van der Waals surface area contributed by atoms with E-state index >= 15 is 0 Å². The lowest BCUT2D eigenvalue weighted by atomic mass is 9.90. The normalized spacial score (nSPS) is 14.9. The van der Waals surface area contributed by atoms with Crippen LogP contribution in [0, 0.1) is 5.82 Å². The number of Topliss-reactive ketones (excluding diaryl/α,β-unsaturated/α-hetero) is 1. The van der Waals surface area contributed by atoms with Gasteiger partial charge >= 0.3 is 0 Å². The van der Waals surface area contributed by atoms with Gasteiger partial charge in [0.2, 0.25) is 0 Å². The molecule has 76 valence electrons. The molecule has 1 aromatic rings. The first-order chi connectivity index (χ1) is 6.47. The SMILES string of the molecule is CCC(C)(N)C(=O)c1ccc(F)cc1. The monoisotopic (exact) mass is 195 g/mol. The number of ketones is 1. The van der Waals surface area contributed by atoms with Gasteiger partial charge in [-0.05, 0) is 37.6 Å². The summed E-state index contributed by atoms with van der Waals surface area (Å²) in [6, 6.07) is 5.44. The molecule has 0 saturated carbocycles. The number of carbonyl (C=O) groups is 1. The third kappa shape index (κ3) is 2.17. The first-order valence-corrected chi connectivity index (χ1v) is 4.56. The van der Waals surface area contributed by atoms with E-state index in [1.807, 2.05) is 6.92 Å². The molecule has 0 heterocycles. The molecule has 0 fully saturated rings. The molecule has 14 heavy (non-hydrogen) atoms. The molecule has 0 spiro atoms. The average molecular weight is 195 g/mol. The Balaban J connectivity index is 2.96. The van der Waals surface area contributed by atoms with E-state index in [1.54, 1.807) is 6.92 Å². The van der Waals surface area contributed by atoms with Crippen LogP contribution in [0.15, 0.2) is 24.3 Å². The van der Waals surface area contributed by atoms with Gasteiger partial charge in [-0.3, -0.25) is 4.79 Å². The maximum Gasteiger partial charge on any atom is 0.182 e. The van der Waals surface area contributed by atoms with E-state index in [2.05, 4.69) is 0 Å². The fourth-order valence-corrected chi connectivity index (χ4v) is 1.09. The van der Waals surface area contributed by atoms with Crippen molar-refractivity contribution in [2.45, 2.75) is 25.8 Å². The van der Waals surface area contributed by atoms with Crippen LogP contribution in [0.1, 0.15) is 30.6 Å². The van der Waals surface area contributed by atoms with Crippen LogP contribution in [0.25, 0.3) is 0 Å². The van der Waals surface area contributed by atoms with Gasteiger partial charge in [-0.15, -0.1) is 0 Å². The Morgan fingerprint density at radius 1 is 1.43 bits per heavy atom. The van der Waals surface area contributed by atoms with Crippen molar-refractivity contribution in [3.63, 3.8) is 0 Å². The standard InChI is InChI=1S/C11H14FNO/c1-3-11(2,13)10(14)8-4-6-9(12)7-5-8/h4-7H,3,13H2,1-2H3. The quantitative estimate of drug-likeness (QED) is 0.751. The molecule has 1 aromatic carbocycles. The smallest absolute Gasteiger partial charge is 0.182 e. The number of rotatable bonds is 3. The van der Waals surface area contributed by atoms with Crippen molar-refractivity contribution >= 4 is 5.78 Å². The van der Waals surface area contributed by atoms with E-state index in [0.717, 1.165) is 0 Å². The molecule has 0 saturated heterocycles. The van der Waals surface area contributed by atoms with Gasteiger partial charge in [0.15, 0.2) is 5.78 Å². The number of hydrogen-bond donors (Lipinski definition) is 1. The van der Waals surface area contributed by atoms with Crippen LogP contribution in [0.3, 0.4) is 0 Å². The highest BCUT2D eigenvalue weighted by Crippen LogP contribution is 2.14. The van der Waals surface area contributed by atoms with E-state index in [9.17, 15) is 9.18 Å². The number of halogens is 1. The summed E-state index contributed by atoms with van der Waals surface area (Å²) in [5.74, 6) is -0.503. The molecule has 0 radical (unpaired) electrons. The molecule has 1 rings (SSSR count). The number of carbonyl (C=O) groups excluding carboxylic acids is 1. The second-order valence-corrected chi connectivity index (χ2v) is 3.61. The zero-order valence-electron chi connectivity index (χ0n) is 8.38. The average Bonchev–Trinajstić information content (AvgIpc) is 2.18. The van der Waals surface area contributed by atoms with Crippen molar-refractivity contribution in [2.75, 3.05) is 0 Å². The zero-order valence-corrected chi connectivity index (χ0v) is 8.38. The lowest BCUT2D eigenvalue weighted by Gasteiger charge is -2.20. The van der Waals surface area contributed by atoms with Gasteiger partial charge < -0.3 is 5.73 Å². The highest BCUT2D eigenvalue weighted by molar-refractivity contribution is 6.02. The summed E-state index contributed by atoms with van der Waals surface area (Å²) < 4.78 is 12.6. The minimum Gasteiger partial charge on any atom is -0.319 e. The first kappa shape index (κ1) is 10.9. The molecular formula is C11H14FNO. The summed E-state index contributed by atoms with van der Waals surface area (Å²) >= 11 is 0. The maximum atomic E-state index is 12.6. The molecule has 1 atom stereocenters. The number of hydrogen-bond acceptors (Lipinski definition) is 2. The summed E-state index contributed by atoms with van der Waals surface area (Å²) in [6.45, 7) is 3.53. The summed E-state index contributed by atoms with van der Waals surface area (Å²) in [4.78, 5) is 11.8. The van der Waals surface area contributed by atoms with E-state index in [1.165, 1.54) is 24.3 Å². The minimum atomic E-state index is -0.863. The van der Waals surface area contributed by atoms with Crippen molar-refractivity contribution in [2.24, 2.45) is 5.73 Å². The topological polar surface area (TPSA) is 43.1 Å². The maximum absolute atomic E-state index is 12.6. The summed E-state index contributed by atoms with van der Waals surface area (Å²) in [6.07, 6.45) is 0.559. The number of nitrogens with two attached hydrogens (primary N) is 1. The lowest BCUT2D eigenvalue weighted by molar-refractivity contribution is 0.0898. The third-order valence-electron chi connectivity index (χ3n) is 2.36. The molecule has 1 unspecified atom stereocenters. The van der Waals surface area contributed by atoms with Crippen LogP contribution in [0.2, 0.25) is 0 Å². The molecule has 2 nitrogen and oxygen atoms in total. The van der Waals surface area contributed by atoms with Gasteiger partial charge in [0, 0.05) is 5.56 Å². The van der Waals surface area contributed by atoms with E-state index in [4.69, 9.17) is 5.73 Å². The highest BCUT2D eigenvalue weighted by atomic mass is 19.1. The van der Waals surface area contributed by atoms with Crippen molar-refractivity contribution < 1.29 is 9.18 Å². The largest absolute Gasteiger partial charge is 0.319 e. The molecule has 0 aliphatic heterocycles. The van der Waals surface area contributed by atoms with Crippen LogP contribution in [-0.4, -0.2) is 11.3 Å². The molecule has 3 heteroatoms. The first-order valence-electron chi connectivity index (χ1n) is 4.56. The summed E-state index contributed by atoms with van der Waals surface area (Å²) in [7, 11) is 0. The Kier molecular flexibility index (Phi) is 3.01. The van der Waals surface area contributed by atoms with Crippen LogP contribution in [0.5, 0.6) is 0 Å². The van der Waals surface area contributed by atoms with Gasteiger partial charge in [-0.25, -0.2) is 4.39 Å². The van der Waals surface area contributed by atoms with Gasteiger partial charge in [-0.1, -0.05) is 6.92 Å². The predicted octanol–water partition coefficient (Wildman–Crippen LogP) is 2.14. The van der Waals surface area contributed by atoms with Gasteiger partial charge in [0.1, 0.15) is 5.82 Å². The van der Waals surface area contributed by atoms with Crippen molar-refractivity contribution in [1.29, 1.82) is 0 Å². The molecule has 0 amide bonds. The van der Waals surface area contributed by atoms with E-state index in [0.29, 0.717) is 12.0 Å². The van der Waals surface area contributed by atoms with Crippen LogP contribution < -0.4 is 5.73 Å². The summed E-state index contributed by atoms with van der Waals surface area (Å²) in [5.41, 5.74) is 5.38. The van der Waals surface area contributed by atoms with Crippen LogP contribution >= 0.6 is 0 Å². The van der Waals surface area contributed by atoms with Crippen LogP contribution in [0.4, 0.5) is 4.39 Å². The van der Waals surface area contributed by atoms with Gasteiger partial charge in [0.25, 0.3) is 0 Å². The highest BCUT2D eigenvalue weighted by Gasteiger charge is 2.26.